The molecule has 168 valence electrons. The van der Waals surface area contributed by atoms with E-state index in [1.165, 1.54) is 48.7 Å². The summed E-state index contributed by atoms with van der Waals surface area (Å²) in [6.45, 7) is 1.69. The van der Waals surface area contributed by atoms with Crippen LogP contribution >= 0.6 is 11.3 Å². The molecule has 0 aliphatic heterocycles. The minimum absolute atomic E-state index is 0.0448. The number of fused-ring (bicyclic) bond motifs is 1. The predicted octanol–water partition coefficient (Wildman–Crippen LogP) is 5.02. The quantitative estimate of drug-likeness (QED) is 0.174. The van der Waals surface area contributed by atoms with Crippen LogP contribution in [0.1, 0.15) is 10.6 Å². The molecule has 0 aliphatic carbocycles. The number of anilines is 1. The topological polar surface area (TPSA) is 165 Å². The van der Waals surface area contributed by atoms with E-state index in [9.17, 15) is 30.3 Å². The highest BCUT2D eigenvalue weighted by molar-refractivity contribution is 7.11. The first-order chi connectivity index (χ1) is 16.3. The molecule has 4 aromatic rings. The summed E-state index contributed by atoms with van der Waals surface area (Å²) < 4.78 is 5.27. The van der Waals surface area contributed by atoms with Crippen LogP contribution in [0.5, 0.6) is 0 Å². The average Bonchev–Trinajstić information content (AvgIpc) is 3.29. The van der Waals surface area contributed by atoms with Gasteiger partial charge in [0.15, 0.2) is 0 Å². The fraction of sp³-hybridized carbons (Fsp3) is 0.0455. The standard InChI is InChI=1S/C22H13N5O6S/c1-12-6-15(26(29)30)2-4-18(12)24-10-14(9-23)21-25-19(11-34-21)17-8-13-7-16(27(31)32)3-5-20(13)33-22(17)28/h2-8,10-11,24H,1H3. The van der Waals surface area contributed by atoms with Gasteiger partial charge in [-0.25, -0.2) is 9.78 Å². The van der Waals surface area contributed by atoms with Gasteiger partial charge in [0.25, 0.3) is 11.4 Å². The van der Waals surface area contributed by atoms with Gasteiger partial charge >= 0.3 is 5.63 Å². The number of aromatic nitrogens is 1. The van der Waals surface area contributed by atoms with Crippen LogP contribution in [0.15, 0.2) is 63.3 Å². The molecule has 1 N–H and O–H groups in total. The lowest BCUT2D eigenvalue weighted by Crippen LogP contribution is -2.03. The van der Waals surface area contributed by atoms with E-state index < -0.39 is 15.5 Å². The van der Waals surface area contributed by atoms with Crippen LogP contribution in [0.4, 0.5) is 17.1 Å². The van der Waals surface area contributed by atoms with Gasteiger partial charge in [0.2, 0.25) is 0 Å². The van der Waals surface area contributed by atoms with Crippen LogP contribution in [-0.2, 0) is 0 Å². The first kappa shape index (κ1) is 22.3. The summed E-state index contributed by atoms with van der Waals surface area (Å²) in [7, 11) is 0. The molecule has 0 fully saturated rings. The van der Waals surface area contributed by atoms with E-state index in [1.807, 2.05) is 6.07 Å². The third-order valence-electron chi connectivity index (χ3n) is 4.85. The van der Waals surface area contributed by atoms with Gasteiger partial charge in [-0.05, 0) is 30.7 Å². The number of nitriles is 1. The molecule has 0 saturated carbocycles. The number of nitrogens with zero attached hydrogens (tertiary/aromatic N) is 4. The number of thiazole rings is 1. The Labute approximate surface area is 194 Å². The van der Waals surface area contributed by atoms with E-state index in [4.69, 9.17) is 4.42 Å². The summed E-state index contributed by atoms with van der Waals surface area (Å²) in [5.74, 6) is 0. The van der Waals surface area contributed by atoms with Gasteiger partial charge in [-0.2, -0.15) is 5.26 Å². The lowest BCUT2D eigenvalue weighted by molar-refractivity contribution is -0.385. The van der Waals surface area contributed by atoms with E-state index in [1.54, 1.807) is 12.3 Å². The Bertz CT molecular complexity index is 1600. The minimum atomic E-state index is -0.666. The third kappa shape index (κ3) is 4.36. The number of nitro benzene ring substituents is 2. The van der Waals surface area contributed by atoms with Crippen molar-refractivity contribution in [2.45, 2.75) is 6.92 Å². The summed E-state index contributed by atoms with van der Waals surface area (Å²) in [4.78, 5) is 37.7. The van der Waals surface area contributed by atoms with Crippen molar-refractivity contribution in [1.29, 1.82) is 5.26 Å². The molecular weight excluding hydrogens is 462 g/mol. The molecule has 0 aliphatic rings. The van der Waals surface area contributed by atoms with Gasteiger partial charge in [0.1, 0.15) is 22.2 Å². The van der Waals surface area contributed by atoms with Crippen LogP contribution in [0.25, 0.3) is 27.8 Å². The Morgan fingerprint density at radius 2 is 1.85 bits per heavy atom. The monoisotopic (exact) mass is 475 g/mol. The number of benzene rings is 2. The van der Waals surface area contributed by atoms with Crippen molar-refractivity contribution in [2.24, 2.45) is 0 Å². The van der Waals surface area contributed by atoms with E-state index in [0.717, 1.165) is 11.3 Å². The molecular formula is C22H13N5O6S. The normalized spacial score (nSPS) is 11.2. The number of nitro groups is 2. The van der Waals surface area contributed by atoms with Crippen molar-refractivity contribution in [3.8, 4) is 17.3 Å². The van der Waals surface area contributed by atoms with Crippen LogP contribution in [0, 0.1) is 38.5 Å². The zero-order valence-electron chi connectivity index (χ0n) is 17.3. The second-order valence-corrected chi connectivity index (χ2v) is 7.89. The number of allylic oxidation sites excluding steroid dienone is 1. The molecule has 0 spiro atoms. The van der Waals surface area contributed by atoms with Crippen LogP contribution < -0.4 is 10.9 Å². The van der Waals surface area contributed by atoms with Crippen LogP contribution in [-0.4, -0.2) is 14.8 Å². The highest BCUT2D eigenvalue weighted by Crippen LogP contribution is 2.28. The second-order valence-electron chi connectivity index (χ2n) is 7.04. The lowest BCUT2D eigenvalue weighted by Gasteiger charge is -2.05. The highest BCUT2D eigenvalue weighted by Gasteiger charge is 2.16. The highest BCUT2D eigenvalue weighted by atomic mass is 32.1. The van der Waals surface area contributed by atoms with Gasteiger partial charge in [-0.1, -0.05) is 0 Å². The predicted molar refractivity (Wildman–Crippen MR) is 125 cm³/mol. The second kappa shape index (κ2) is 8.93. The Hall–Kier alpha value is -4.89. The fourth-order valence-corrected chi connectivity index (χ4v) is 3.92. The van der Waals surface area contributed by atoms with Gasteiger partial charge in [-0.15, -0.1) is 11.3 Å². The Kier molecular flexibility index (Phi) is 5.86. The van der Waals surface area contributed by atoms with E-state index in [0.29, 0.717) is 21.6 Å². The number of hydrogen-bond acceptors (Lipinski definition) is 10. The summed E-state index contributed by atoms with van der Waals surface area (Å²) in [5, 5.41) is 36.7. The zero-order valence-corrected chi connectivity index (χ0v) is 18.2. The van der Waals surface area contributed by atoms with Crippen molar-refractivity contribution in [3.05, 3.63) is 95.3 Å². The lowest BCUT2D eigenvalue weighted by atomic mass is 10.1. The van der Waals surface area contributed by atoms with E-state index in [-0.39, 0.29) is 33.8 Å². The Morgan fingerprint density at radius 3 is 2.53 bits per heavy atom. The van der Waals surface area contributed by atoms with E-state index in [2.05, 4.69) is 10.3 Å². The SMILES string of the molecule is Cc1cc([N+](=O)[O-])ccc1NC=C(C#N)c1nc(-c2cc3cc([N+](=O)[O-])ccc3oc2=O)cs1. The van der Waals surface area contributed by atoms with Crippen molar-refractivity contribution in [1.82, 2.24) is 4.98 Å². The van der Waals surface area contributed by atoms with Crippen molar-refractivity contribution < 1.29 is 14.3 Å². The fourth-order valence-electron chi connectivity index (χ4n) is 3.14. The first-order valence-corrected chi connectivity index (χ1v) is 10.4. The number of non-ortho nitro benzene ring substituents is 2. The van der Waals surface area contributed by atoms with Crippen molar-refractivity contribution >= 4 is 44.9 Å². The maximum atomic E-state index is 12.4. The summed E-state index contributed by atoms with van der Waals surface area (Å²) >= 11 is 1.12. The summed E-state index contributed by atoms with van der Waals surface area (Å²) in [5.41, 5.74) is 1.08. The largest absolute Gasteiger partial charge is 0.422 e. The molecule has 4 rings (SSSR count). The summed E-state index contributed by atoms with van der Waals surface area (Å²) in [6.07, 6.45) is 1.42. The molecule has 2 aromatic carbocycles. The molecule has 0 saturated heterocycles. The molecule has 0 atom stereocenters. The van der Waals surface area contributed by atoms with Crippen molar-refractivity contribution in [2.75, 3.05) is 5.32 Å². The average molecular weight is 475 g/mol. The smallest absolute Gasteiger partial charge is 0.345 e. The van der Waals surface area contributed by atoms with E-state index >= 15 is 0 Å². The van der Waals surface area contributed by atoms with Crippen LogP contribution in [0.3, 0.4) is 0 Å². The maximum absolute atomic E-state index is 12.4. The number of aryl methyl sites for hydroxylation is 1. The zero-order chi connectivity index (χ0) is 24.4. The molecule has 12 heteroatoms. The molecule has 34 heavy (non-hydrogen) atoms. The van der Waals surface area contributed by atoms with Crippen LogP contribution in [0.2, 0.25) is 0 Å². The molecule has 11 nitrogen and oxygen atoms in total. The van der Waals surface area contributed by atoms with Crippen molar-refractivity contribution in [3.63, 3.8) is 0 Å². The van der Waals surface area contributed by atoms with Gasteiger partial charge in [0, 0.05) is 46.9 Å². The Morgan fingerprint density at radius 1 is 1.15 bits per heavy atom. The number of nitrogens with one attached hydrogen (secondary N) is 1. The van der Waals surface area contributed by atoms with Gasteiger partial charge in [-0.3, -0.25) is 20.2 Å². The van der Waals surface area contributed by atoms with Gasteiger partial charge < -0.3 is 9.73 Å². The first-order valence-electron chi connectivity index (χ1n) is 9.57. The number of hydrogen-bond donors (Lipinski definition) is 1. The molecule has 0 bridgehead atoms. The molecule has 2 heterocycles. The summed E-state index contributed by atoms with van der Waals surface area (Å²) in [6, 6.07) is 11.7. The Balaban J connectivity index is 1.65. The molecule has 2 aromatic heterocycles. The minimum Gasteiger partial charge on any atom is -0.422 e. The number of rotatable bonds is 6. The molecule has 0 amide bonds. The maximum Gasteiger partial charge on any atom is 0.345 e. The third-order valence-corrected chi connectivity index (χ3v) is 5.73. The molecule has 0 radical (unpaired) electrons. The molecule has 0 unspecified atom stereocenters. The van der Waals surface area contributed by atoms with Gasteiger partial charge in [0.05, 0.1) is 21.1 Å².